The molecule has 96 valence electrons. The van der Waals surface area contributed by atoms with Crippen LogP contribution in [-0.4, -0.2) is 22.6 Å². The van der Waals surface area contributed by atoms with E-state index in [0.717, 1.165) is 16.8 Å². The highest BCUT2D eigenvalue weighted by Crippen LogP contribution is 2.15. The van der Waals surface area contributed by atoms with Crippen molar-refractivity contribution in [2.75, 3.05) is 11.9 Å². The van der Waals surface area contributed by atoms with Crippen LogP contribution in [0.5, 0.6) is 0 Å². The number of carbonyl (C=O) groups is 1. The zero-order valence-electron chi connectivity index (χ0n) is 10.5. The molecule has 0 aliphatic carbocycles. The fourth-order valence-corrected chi connectivity index (χ4v) is 1.61. The van der Waals surface area contributed by atoms with Crippen LogP contribution >= 0.6 is 0 Å². The van der Waals surface area contributed by atoms with Crippen molar-refractivity contribution in [1.29, 1.82) is 0 Å². The minimum Gasteiger partial charge on any atom is -0.322 e. The summed E-state index contributed by atoms with van der Waals surface area (Å²) < 4.78 is 0. The number of nitrogens with one attached hydrogen (secondary N) is 2. The van der Waals surface area contributed by atoms with E-state index in [1.54, 1.807) is 6.20 Å². The molecule has 4 N–H and O–H groups in total. The number of benzene rings is 1. The Hall–Kier alpha value is -2.58. The van der Waals surface area contributed by atoms with E-state index in [9.17, 15) is 4.79 Å². The molecule has 0 unspecified atom stereocenters. The summed E-state index contributed by atoms with van der Waals surface area (Å²) in [4.78, 5) is 11.8. The van der Waals surface area contributed by atoms with Crippen LogP contribution in [0.25, 0.3) is 0 Å². The fourth-order valence-electron chi connectivity index (χ4n) is 1.61. The van der Waals surface area contributed by atoms with Gasteiger partial charge < -0.3 is 11.1 Å². The summed E-state index contributed by atoms with van der Waals surface area (Å²) in [5.74, 6) is 5.58. The molecule has 1 amide bonds. The van der Waals surface area contributed by atoms with Crippen LogP contribution < -0.4 is 11.1 Å². The number of rotatable bonds is 2. The van der Waals surface area contributed by atoms with Gasteiger partial charge in [0.1, 0.15) is 0 Å². The van der Waals surface area contributed by atoms with Crippen molar-refractivity contribution >= 4 is 11.6 Å². The van der Waals surface area contributed by atoms with Gasteiger partial charge in [-0.05, 0) is 30.7 Å². The van der Waals surface area contributed by atoms with Crippen LogP contribution in [-0.2, 0) is 0 Å². The van der Waals surface area contributed by atoms with Crippen molar-refractivity contribution in [1.82, 2.24) is 10.2 Å². The summed E-state index contributed by atoms with van der Waals surface area (Å²) >= 11 is 0. The zero-order valence-corrected chi connectivity index (χ0v) is 10.5. The molecule has 0 spiro atoms. The number of carbonyl (C=O) groups excluding carboxylic acids is 1. The van der Waals surface area contributed by atoms with E-state index >= 15 is 0 Å². The Kier molecular flexibility index (Phi) is 3.96. The van der Waals surface area contributed by atoms with Crippen molar-refractivity contribution in [3.8, 4) is 11.8 Å². The van der Waals surface area contributed by atoms with Crippen LogP contribution in [0.15, 0.2) is 30.6 Å². The topological polar surface area (TPSA) is 83.8 Å². The number of nitrogens with two attached hydrogens (primary N) is 1. The molecular formula is C14H14N4O. The van der Waals surface area contributed by atoms with Gasteiger partial charge in [0.25, 0.3) is 5.91 Å². The van der Waals surface area contributed by atoms with E-state index in [1.807, 2.05) is 25.1 Å². The number of H-pyrrole nitrogens is 1. The standard InChI is InChI=1S/C14H14N4O/c1-10-7-13(5-4-11(10)3-2-6-15)18-14(19)12-8-16-17-9-12/h4-5,7-9H,6,15H2,1H3,(H,16,17)(H,18,19). The third-order valence-corrected chi connectivity index (χ3v) is 2.57. The van der Waals surface area contributed by atoms with Crippen LogP contribution in [0.1, 0.15) is 21.5 Å². The molecular weight excluding hydrogens is 240 g/mol. The van der Waals surface area contributed by atoms with E-state index in [4.69, 9.17) is 5.73 Å². The first-order chi connectivity index (χ1) is 9.20. The summed E-state index contributed by atoms with van der Waals surface area (Å²) in [6.07, 6.45) is 3.02. The van der Waals surface area contributed by atoms with Crippen LogP contribution in [0.2, 0.25) is 0 Å². The van der Waals surface area contributed by atoms with Crippen molar-refractivity contribution in [2.45, 2.75) is 6.92 Å². The quantitative estimate of drug-likeness (QED) is 0.706. The van der Waals surface area contributed by atoms with Gasteiger partial charge in [-0.15, -0.1) is 0 Å². The van der Waals surface area contributed by atoms with Gasteiger partial charge in [-0.25, -0.2) is 0 Å². The second-order valence-corrected chi connectivity index (χ2v) is 3.98. The third kappa shape index (κ3) is 3.21. The molecule has 5 nitrogen and oxygen atoms in total. The first-order valence-electron chi connectivity index (χ1n) is 5.80. The number of hydrogen-bond donors (Lipinski definition) is 3. The lowest BCUT2D eigenvalue weighted by molar-refractivity contribution is 0.102. The predicted molar refractivity (Wildman–Crippen MR) is 73.7 cm³/mol. The van der Waals surface area contributed by atoms with Gasteiger partial charge in [-0.2, -0.15) is 5.10 Å². The number of amides is 1. The Morgan fingerprint density at radius 3 is 3.00 bits per heavy atom. The summed E-state index contributed by atoms with van der Waals surface area (Å²) in [6.45, 7) is 2.27. The second-order valence-electron chi connectivity index (χ2n) is 3.98. The van der Waals surface area contributed by atoms with Crippen molar-refractivity contribution < 1.29 is 4.79 Å². The summed E-state index contributed by atoms with van der Waals surface area (Å²) in [5.41, 5.74) is 8.45. The van der Waals surface area contributed by atoms with E-state index in [0.29, 0.717) is 12.1 Å². The molecule has 0 atom stereocenters. The highest BCUT2D eigenvalue weighted by atomic mass is 16.1. The number of anilines is 1. The number of aromatic amines is 1. The maximum Gasteiger partial charge on any atom is 0.258 e. The Morgan fingerprint density at radius 1 is 1.53 bits per heavy atom. The largest absolute Gasteiger partial charge is 0.322 e. The molecule has 0 saturated heterocycles. The van der Waals surface area contributed by atoms with Gasteiger partial charge in [-0.1, -0.05) is 11.8 Å². The molecule has 0 fully saturated rings. The lowest BCUT2D eigenvalue weighted by Gasteiger charge is -2.06. The van der Waals surface area contributed by atoms with E-state index in [-0.39, 0.29) is 5.91 Å². The minimum atomic E-state index is -0.200. The maximum absolute atomic E-state index is 11.8. The molecule has 2 aromatic rings. The van der Waals surface area contributed by atoms with Gasteiger partial charge in [0.15, 0.2) is 0 Å². The molecule has 1 aromatic carbocycles. The SMILES string of the molecule is Cc1cc(NC(=O)c2cn[nH]c2)ccc1C#CCN. The van der Waals surface area contributed by atoms with Crippen molar-refractivity contribution in [3.63, 3.8) is 0 Å². The third-order valence-electron chi connectivity index (χ3n) is 2.57. The molecule has 2 rings (SSSR count). The van der Waals surface area contributed by atoms with Gasteiger partial charge in [0.2, 0.25) is 0 Å². The van der Waals surface area contributed by atoms with Gasteiger partial charge in [0, 0.05) is 17.4 Å². The number of aromatic nitrogens is 2. The number of hydrogen-bond acceptors (Lipinski definition) is 3. The average molecular weight is 254 g/mol. The smallest absolute Gasteiger partial charge is 0.258 e. The van der Waals surface area contributed by atoms with E-state index in [1.165, 1.54) is 6.20 Å². The molecule has 0 bridgehead atoms. The van der Waals surface area contributed by atoms with Gasteiger partial charge in [0.05, 0.1) is 18.3 Å². The number of nitrogens with zero attached hydrogens (tertiary/aromatic N) is 1. The summed E-state index contributed by atoms with van der Waals surface area (Å²) in [6, 6.07) is 5.55. The summed E-state index contributed by atoms with van der Waals surface area (Å²) in [5, 5.41) is 9.13. The normalized spacial score (nSPS) is 9.58. The second kappa shape index (κ2) is 5.85. The molecule has 0 saturated carbocycles. The Bertz CT molecular complexity index is 635. The van der Waals surface area contributed by atoms with Crippen LogP contribution in [0.3, 0.4) is 0 Å². The molecule has 19 heavy (non-hydrogen) atoms. The average Bonchev–Trinajstić information content (AvgIpc) is 2.92. The van der Waals surface area contributed by atoms with Crippen LogP contribution in [0, 0.1) is 18.8 Å². The molecule has 0 aliphatic rings. The van der Waals surface area contributed by atoms with E-state index < -0.39 is 0 Å². The minimum absolute atomic E-state index is 0.200. The Balaban J connectivity index is 2.14. The highest BCUT2D eigenvalue weighted by molar-refractivity contribution is 6.03. The lowest BCUT2D eigenvalue weighted by atomic mass is 10.1. The fraction of sp³-hybridized carbons (Fsp3) is 0.143. The Morgan fingerprint density at radius 2 is 2.37 bits per heavy atom. The first-order valence-corrected chi connectivity index (χ1v) is 5.80. The van der Waals surface area contributed by atoms with Gasteiger partial charge in [-0.3, -0.25) is 9.89 Å². The molecule has 5 heteroatoms. The molecule has 0 aliphatic heterocycles. The van der Waals surface area contributed by atoms with E-state index in [2.05, 4.69) is 27.4 Å². The molecule has 1 aromatic heterocycles. The highest BCUT2D eigenvalue weighted by Gasteiger charge is 2.07. The maximum atomic E-state index is 11.8. The lowest BCUT2D eigenvalue weighted by Crippen LogP contribution is -2.11. The van der Waals surface area contributed by atoms with Crippen molar-refractivity contribution in [3.05, 3.63) is 47.3 Å². The first kappa shape index (κ1) is 12.9. The van der Waals surface area contributed by atoms with Crippen LogP contribution in [0.4, 0.5) is 5.69 Å². The predicted octanol–water partition coefficient (Wildman–Crippen LogP) is 1.28. The Labute approximate surface area is 111 Å². The monoisotopic (exact) mass is 254 g/mol. The number of aryl methyl sites for hydroxylation is 1. The van der Waals surface area contributed by atoms with Gasteiger partial charge >= 0.3 is 0 Å². The zero-order chi connectivity index (χ0) is 13.7. The molecule has 1 heterocycles. The molecule has 0 radical (unpaired) electrons. The van der Waals surface area contributed by atoms with Crippen molar-refractivity contribution in [2.24, 2.45) is 5.73 Å². The summed E-state index contributed by atoms with van der Waals surface area (Å²) in [7, 11) is 0.